The van der Waals surface area contributed by atoms with Crippen molar-refractivity contribution >= 4 is 12.2 Å². The molecule has 0 aliphatic rings. The molecule has 0 aliphatic carbocycles. The van der Waals surface area contributed by atoms with Gasteiger partial charge in [0.1, 0.15) is 6.29 Å². The summed E-state index contributed by atoms with van der Waals surface area (Å²) in [6, 6.07) is 0. The summed E-state index contributed by atoms with van der Waals surface area (Å²) < 4.78 is 5.18. The molecule has 0 spiro atoms. The van der Waals surface area contributed by atoms with Crippen LogP contribution in [-0.2, 0) is 9.53 Å². The number of guanidine groups is 1. The van der Waals surface area contributed by atoms with Crippen LogP contribution in [0, 0.1) is 0 Å². The van der Waals surface area contributed by atoms with Crippen molar-refractivity contribution in [2.45, 2.75) is 19.4 Å². The Bertz CT molecular complexity index is 155. The first-order chi connectivity index (χ1) is 5.66. The minimum Gasteiger partial charge on any atom is -0.376 e. The summed E-state index contributed by atoms with van der Waals surface area (Å²) in [5.41, 5.74) is 10.2. The van der Waals surface area contributed by atoms with Crippen molar-refractivity contribution in [1.29, 1.82) is 0 Å². The number of aldehydes is 1. The molecule has 0 aromatic carbocycles. The highest BCUT2D eigenvalue weighted by Crippen LogP contribution is 1.93. The first kappa shape index (κ1) is 10.9. The van der Waals surface area contributed by atoms with Crippen LogP contribution in [0.4, 0.5) is 0 Å². The van der Waals surface area contributed by atoms with Gasteiger partial charge in [-0.1, -0.05) is 0 Å². The van der Waals surface area contributed by atoms with Gasteiger partial charge in [-0.15, -0.1) is 0 Å². The summed E-state index contributed by atoms with van der Waals surface area (Å²) in [6.45, 7) is 2.70. The number of nitrogens with two attached hydrogens (primary N) is 2. The van der Waals surface area contributed by atoms with Gasteiger partial charge in [0.2, 0.25) is 0 Å². The molecule has 5 nitrogen and oxygen atoms in total. The second-order valence-electron chi connectivity index (χ2n) is 2.39. The van der Waals surface area contributed by atoms with E-state index in [2.05, 4.69) is 4.99 Å². The van der Waals surface area contributed by atoms with Crippen molar-refractivity contribution in [3.05, 3.63) is 0 Å². The van der Waals surface area contributed by atoms with Gasteiger partial charge in [-0.3, -0.25) is 4.99 Å². The van der Waals surface area contributed by atoms with Crippen LogP contribution in [0.1, 0.15) is 13.3 Å². The largest absolute Gasteiger partial charge is 0.376 e. The number of hydrogen-bond acceptors (Lipinski definition) is 3. The molecular formula is C7H15N3O2. The number of carbonyl (C=O) groups is 1. The second-order valence-corrected chi connectivity index (χ2v) is 2.39. The molecule has 1 atom stereocenters. The Kier molecular flexibility index (Phi) is 6.00. The van der Waals surface area contributed by atoms with E-state index in [1.54, 1.807) is 0 Å². The molecule has 0 bridgehead atoms. The molecule has 70 valence electrons. The van der Waals surface area contributed by atoms with Gasteiger partial charge in [0.25, 0.3) is 0 Å². The van der Waals surface area contributed by atoms with Gasteiger partial charge < -0.3 is 21.0 Å². The van der Waals surface area contributed by atoms with Gasteiger partial charge in [0, 0.05) is 6.42 Å². The van der Waals surface area contributed by atoms with Crippen LogP contribution in [0.3, 0.4) is 0 Å². The highest BCUT2D eigenvalue weighted by atomic mass is 16.5. The Labute approximate surface area is 71.8 Å². The molecule has 0 amide bonds. The van der Waals surface area contributed by atoms with Crippen LogP contribution in [0.5, 0.6) is 0 Å². The predicted molar refractivity (Wildman–Crippen MR) is 46.8 cm³/mol. The molecule has 0 aliphatic heterocycles. The van der Waals surface area contributed by atoms with Crippen LogP contribution < -0.4 is 11.5 Å². The minimum atomic E-state index is -0.0586. The minimum absolute atomic E-state index is 0.0571. The number of nitrogens with zero attached hydrogens (tertiary/aromatic N) is 1. The van der Waals surface area contributed by atoms with E-state index < -0.39 is 0 Å². The maximum atomic E-state index is 10.0. The normalized spacial score (nSPS) is 12.1. The molecule has 0 rings (SSSR count). The third kappa shape index (κ3) is 7.01. The summed E-state index contributed by atoms with van der Waals surface area (Å²) >= 11 is 0. The van der Waals surface area contributed by atoms with Gasteiger partial charge >= 0.3 is 0 Å². The van der Waals surface area contributed by atoms with E-state index in [0.717, 1.165) is 6.29 Å². The van der Waals surface area contributed by atoms with Crippen LogP contribution in [0.15, 0.2) is 4.99 Å². The van der Waals surface area contributed by atoms with Crippen molar-refractivity contribution in [3.8, 4) is 0 Å². The van der Waals surface area contributed by atoms with Crippen molar-refractivity contribution in [2.75, 3.05) is 13.2 Å². The lowest BCUT2D eigenvalue weighted by Gasteiger charge is -2.07. The van der Waals surface area contributed by atoms with Crippen molar-refractivity contribution in [1.82, 2.24) is 0 Å². The molecule has 0 heterocycles. The summed E-state index contributed by atoms with van der Waals surface area (Å²) in [5.74, 6) is 0.0571. The molecular weight excluding hydrogens is 158 g/mol. The Morgan fingerprint density at radius 3 is 2.83 bits per heavy atom. The fraction of sp³-hybridized carbons (Fsp3) is 0.714. The highest BCUT2D eigenvalue weighted by molar-refractivity contribution is 5.75. The lowest BCUT2D eigenvalue weighted by Crippen LogP contribution is -2.23. The number of hydrogen-bond donors (Lipinski definition) is 2. The van der Waals surface area contributed by atoms with E-state index in [0.29, 0.717) is 19.6 Å². The van der Waals surface area contributed by atoms with Gasteiger partial charge in [-0.25, -0.2) is 0 Å². The monoisotopic (exact) mass is 173 g/mol. The fourth-order valence-corrected chi connectivity index (χ4v) is 0.632. The number of ether oxygens (including phenoxy) is 1. The van der Waals surface area contributed by atoms with Crippen LogP contribution >= 0.6 is 0 Å². The van der Waals surface area contributed by atoms with E-state index in [-0.39, 0.29) is 12.1 Å². The zero-order chi connectivity index (χ0) is 9.40. The SMILES string of the molecule is CC(CC=O)OCCN=C(N)N. The zero-order valence-corrected chi connectivity index (χ0v) is 7.19. The summed E-state index contributed by atoms with van der Waals surface area (Å²) in [6.07, 6.45) is 1.17. The van der Waals surface area contributed by atoms with Crippen molar-refractivity contribution in [3.63, 3.8) is 0 Å². The molecule has 4 N–H and O–H groups in total. The third-order valence-electron chi connectivity index (χ3n) is 1.22. The number of aliphatic imine (C=N–C) groups is 1. The Morgan fingerprint density at radius 2 is 2.33 bits per heavy atom. The first-order valence-electron chi connectivity index (χ1n) is 3.77. The van der Waals surface area contributed by atoms with Gasteiger partial charge in [0.05, 0.1) is 19.3 Å². The predicted octanol–water partition coefficient (Wildman–Crippen LogP) is -0.746. The summed E-state index contributed by atoms with van der Waals surface area (Å²) in [4.78, 5) is 13.7. The van der Waals surface area contributed by atoms with Gasteiger partial charge in [0.15, 0.2) is 5.96 Å². The molecule has 0 aromatic heterocycles. The van der Waals surface area contributed by atoms with E-state index in [9.17, 15) is 4.79 Å². The molecule has 1 unspecified atom stereocenters. The van der Waals surface area contributed by atoms with Crippen molar-refractivity contribution in [2.24, 2.45) is 16.5 Å². The Hall–Kier alpha value is -1.10. The fourth-order valence-electron chi connectivity index (χ4n) is 0.632. The third-order valence-corrected chi connectivity index (χ3v) is 1.22. The summed E-state index contributed by atoms with van der Waals surface area (Å²) in [7, 11) is 0. The summed E-state index contributed by atoms with van der Waals surface area (Å²) in [5, 5.41) is 0. The Balaban J connectivity index is 3.30. The van der Waals surface area contributed by atoms with Gasteiger partial charge in [-0.2, -0.15) is 0 Å². The van der Waals surface area contributed by atoms with Crippen LogP contribution in [0.2, 0.25) is 0 Å². The van der Waals surface area contributed by atoms with Crippen molar-refractivity contribution < 1.29 is 9.53 Å². The quantitative estimate of drug-likeness (QED) is 0.239. The standard InChI is InChI=1S/C7H15N3O2/c1-6(2-4-11)12-5-3-10-7(8)9/h4,6H,2-3,5H2,1H3,(H4,8,9,10). The molecule has 0 aromatic rings. The average molecular weight is 173 g/mol. The maximum Gasteiger partial charge on any atom is 0.185 e. The van der Waals surface area contributed by atoms with E-state index in [4.69, 9.17) is 16.2 Å². The topological polar surface area (TPSA) is 90.7 Å². The second kappa shape index (κ2) is 6.60. The maximum absolute atomic E-state index is 10.0. The molecule has 0 saturated heterocycles. The molecule has 12 heavy (non-hydrogen) atoms. The van der Waals surface area contributed by atoms with Crippen LogP contribution in [-0.4, -0.2) is 31.5 Å². The Morgan fingerprint density at radius 1 is 1.67 bits per heavy atom. The average Bonchev–Trinajstić information content (AvgIpc) is 1.98. The molecule has 5 heteroatoms. The van der Waals surface area contributed by atoms with Crippen LogP contribution in [0.25, 0.3) is 0 Å². The number of rotatable bonds is 6. The van der Waals surface area contributed by atoms with E-state index in [1.807, 2.05) is 6.92 Å². The molecule has 0 fully saturated rings. The van der Waals surface area contributed by atoms with E-state index >= 15 is 0 Å². The van der Waals surface area contributed by atoms with Gasteiger partial charge in [-0.05, 0) is 6.92 Å². The smallest absolute Gasteiger partial charge is 0.185 e. The zero-order valence-electron chi connectivity index (χ0n) is 7.19. The lowest BCUT2D eigenvalue weighted by molar-refractivity contribution is -0.110. The number of carbonyl (C=O) groups excluding carboxylic acids is 1. The molecule has 0 saturated carbocycles. The van der Waals surface area contributed by atoms with E-state index in [1.165, 1.54) is 0 Å². The highest BCUT2D eigenvalue weighted by Gasteiger charge is 1.98. The lowest BCUT2D eigenvalue weighted by atomic mass is 10.3. The molecule has 0 radical (unpaired) electrons. The first-order valence-corrected chi connectivity index (χ1v) is 3.77.